The maximum Gasteiger partial charge on any atom is 0.407 e. The number of pyridine rings is 1. The second-order valence-corrected chi connectivity index (χ2v) is 12.2. The number of hydrogen-bond acceptors (Lipinski definition) is 6. The molecule has 224 valence electrons. The van der Waals surface area contributed by atoms with Gasteiger partial charge < -0.3 is 29.4 Å². The molecule has 1 aromatic heterocycles. The minimum atomic E-state index is -0.937. The minimum Gasteiger partial charge on any atom is -0.486 e. The largest absolute Gasteiger partial charge is 0.486 e. The summed E-state index contributed by atoms with van der Waals surface area (Å²) in [4.78, 5) is 41.1. The van der Waals surface area contributed by atoms with E-state index in [1.165, 1.54) is 6.92 Å². The first-order chi connectivity index (χ1) is 20.0. The number of carbonyl (C=O) groups is 2. The van der Waals surface area contributed by atoms with Crippen molar-refractivity contribution in [2.45, 2.75) is 65.7 Å². The summed E-state index contributed by atoms with van der Waals surface area (Å²) < 4.78 is 13.1. The highest BCUT2D eigenvalue weighted by atomic mass is 16.6. The zero-order chi connectivity index (χ0) is 30.0. The van der Waals surface area contributed by atoms with Crippen molar-refractivity contribution in [2.75, 3.05) is 31.6 Å². The molecule has 2 aliphatic heterocycles. The highest BCUT2D eigenvalue weighted by molar-refractivity contribution is 6.00. The average Bonchev–Trinajstić information content (AvgIpc) is 2.94. The second kappa shape index (κ2) is 12.1. The lowest BCUT2D eigenvalue weighted by atomic mass is 9.78. The molecule has 10 nitrogen and oxygen atoms in total. The molecule has 1 saturated heterocycles. The van der Waals surface area contributed by atoms with Crippen molar-refractivity contribution in [1.29, 1.82) is 0 Å². The maximum atomic E-state index is 13.0. The molecule has 0 spiro atoms. The summed E-state index contributed by atoms with van der Waals surface area (Å²) in [6.45, 7) is 11.1. The summed E-state index contributed by atoms with van der Waals surface area (Å²) >= 11 is 0. The molecule has 0 saturated carbocycles. The molecule has 2 aromatic carbocycles. The van der Waals surface area contributed by atoms with E-state index in [0.29, 0.717) is 62.9 Å². The third kappa shape index (κ3) is 6.38. The Labute approximate surface area is 245 Å². The minimum absolute atomic E-state index is 0.0962. The molecule has 3 heterocycles. The Morgan fingerprint density at radius 2 is 1.81 bits per heavy atom. The lowest BCUT2D eigenvalue weighted by molar-refractivity contribution is -0.114. The number of anilines is 1. The van der Waals surface area contributed by atoms with E-state index in [0.717, 1.165) is 16.5 Å². The molecule has 2 N–H and O–H groups in total. The van der Waals surface area contributed by atoms with Crippen LogP contribution in [0.1, 0.15) is 46.1 Å². The molecule has 2 amide bonds. The van der Waals surface area contributed by atoms with E-state index < -0.39 is 6.09 Å². The molecule has 3 aromatic rings. The van der Waals surface area contributed by atoms with E-state index in [9.17, 15) is 19.5 Å². The number of benzene rings is 2. The molecule has 5 rings (SSSR count). The van der Waals surface area contributed by atoms with Gasteiger partial charge in [-0.3, -0.25) is 14.5 Å². The van der Waals surface area contributed by atoms with Crippen LogP contribution >= 0.6 is 0 Å². The van der Waals surface area contributed by atoms with Gasteiger partial charge in [-0.05, 0) is 54.2 Å². The smallest absolute Gasteiger partial charge is 0.407 e. The highest BCUT2D eigenvalue weighted by Crippen LogP contribution is 2.36. The quantitative estimate of drug-likeness (QED) is 0.416. The molecule has 10 heteroatoms. The predicted octanol–water partition coefficient (Wildman–Crippen LogP) is 4.79. The molecule has 0 aliphatic carbocycles. The van der Waals surface area contributed by atoms with Crippen LogP contribution in [0.2, 0.25) is 0 Å². The van der Waals surface area contributed by atoms with Crippen LogP contribution in [0.3, 0.4) is 0 Å². The molecule has 0 bridgehead atoms. The average molecular weight is 577 g/mol. The fourth-order valence-electron chi connectivity index (χ4n) is 6.27. The Hall–Kier alpha value is -4.05. The summed E-state index contributed by atoms with van der Waals surface area (Å²) in [7, 11) is 0. The Balaban J connectivity index is 1.33. The van der Waals surface area contributed by atoms with E-state index in [-0.39, 0.29) is 35.5 Å². The highest BCUT2D eigenvalue weighted by Gasteiger charge is 2.39. The lowest BCUT2D eigenvalue weighted by Crippen LogP contribution is -2.55. The molecule has 0 radical (unpaired) electrons. The number of carbonyl (C=O) groups excluding carboxylic acids is 1. The number of hydrogen-bond donors (Lipinski definition) is 2. The van der Waals surface area contributed by atoms with E-state index >= 15 is 0 Å². The third-order valence-electron chi connectivity index (χ3n) is 8.29. The van der Waals surface area contributed by atoms with Crippen molar-refractivity contribution < 1.29 is 24.2 Å². The Morgan fingerprint density at radius 1 is 1.05 bits per heavy atom. The van der Waals surface area contributed by atoms with Crippen molar-refractivity contribution in [3.63, 3.8) is 0 Å². The van der Waals surface area contributed by atoms with Crippen molar-refractivity contribution >= 4 is 28.6 Å². The summed E-state index contributed by atoms with van der Waals surface area (Å²) in [5.41, 5.74) is 2.11. The van der Waals surface area contributed by atoms with Crippen LogP contribution in [-0.4, -0.2) is 69.9 Å². The second-order valence-electron chi connectivity index (χ2n) is 12.2. The van der Waals surface area contributed by atoms with E-state index in [4.69, 9.17) is 9.47 Å². The molecule has 1 fully saturated rings. The van der Waals surface area contributed by atoms with Crippen LogP contribution in [0, 0.1) is 5.41 Å². The fraction of sp³-hybridized carbons (Fsp3) is 0.469. The summed E-state index contributed by atoms with van der Waals surface area (Å²) in [6.07, 6.45) is 0.450. The van der Waals surface area contributed by atoms with Gasteiger partial charge in [0.05, 0.1) is 11.2 Å². The normalized spacial score (nSPS) is 19.0. The zero-order valence-electron chi connectivity index (χ0n) is 24.8. The molecule has 2 atom stereocenters. The Kier molecular flexibility index (Phi) is 8.45. The van der Waals surface area contributed by atoms with Crippen molar-refractivity contribution in [3.05, 3.63) is 64.4 Å². The van der Waals surface area contributed by atoms with Gasteiger partial charge in [0.2, 0.25) is 5.91 Å². The SMILES string of the molecule is CC(=O)Nc1cccc2c1ccc(=O)n2CCN1CCC(N(Cc2ccc3c(c2)OCCO3)C(=O)O)CC1C(C)(C)C. The Bertz CT molecular complexity index is 1530. The van der Waals surface area contributed by atoms with Crippen LogP contribution in [0.5, 0.6) is 11.5 Å². The standard InChI is InChI=1S/C32H40N4O6/c1-21(37)33-25-6-5-7-26-24(25)9-11-30(38)35(26)15-14-34-13-12-23(19-29(34)32(2,3)4)36(31(39)40)20-22-8-10-27-28(18-22)42-17-16-41-27/h5-11,18,23,29H,12-17,19-20H2,1-4H3,(H,33,37)(H,39,40). The molecule has 2 aliphatic rings. The van der Waals surface area contributed by atoms with Gasteiger partial charge in [0, 0.05) is 56.6 Å². The number of likely N-dealkylation sites (tertiary alicyclic amines) is 1. The van der Waals surface area contributed by atoms with Crippen molar-refractivity contribution in [2.24, 2.45) is 5.41 Å². The number of nitrogens with one attached hydrogen (secondary N) is 1. The van der Waals surface area contributed by atoms with E-state index in [1.54, 1.807) is 21.6 Å². The summed E-state index contributed by atoms with van der Waals surface area (Å²) in [5, 5.41) is 13.9. The first-order valence-electron chi connectivity index (χ1n) is 14.5. The number of aromatic nitrogens is 1. The van der Waals surface area contributed by atoms with Gasteiger partial charge in [0.1, 0.15) is 13.2 Å². The fourth-order valence-corrected chi connectivity index (χ4v) is 6.27. The van der Waals surface area contributed by atoms with E-state index in [1.807, 2.05) is 36.4 Å². The van der Waals surface area contributed by atoms with Crippen molar-refractivity contribution in [3.8, 4) is 11.5 Å². The van der Waals surface area contributed by atoms with Crippen LogP contribution in [0.4, 0.5) is 10.5 Å². The molecule has 2 unspecified atom stereocenters. The first kappa shape index (κ1) is 29.4. The van der Waals surface area contributed by atoms with Gasteiger partial charge in [-0.25, -0.2) is 4.79 Å². The van der Waals surface area contributed by atoms with Crippen molar-refractivity contribution in [1.82, 2.24) is 14.4 Å². The first-order valence-corrected chi connectivity index (χ1v) is 14.5. The van der Waals surface area contributed by atoms with E-state index in [2.05, 4.69) is 31.0 Å². The van der Waals surface area contributed by atoms with Crippen LogP contribution in [-0.2, 0) is 17.9 Å². The van der Waals surface area contributed by atoms with Crippen LogP contribution in [0.25, 0.3) is 10.9 Å². The number of piperidine rings is 1. The number of nitrogens with zero attached hydrogens (tertiary/aromatic N) is 3. The zero-order valence-corrected chi connectivity index (χ0v) is 24.8. The van der Waals surface area contributed by atoms with Gasteiger partial charge >= 0.3 is 6.09 Å². The third-order valence-corrected chi connectivity index (χ3v) is 8.29. The number of fused-ring (bicyclic) bond motifs is 2. The van der Waals surface area contributed by atoms with Crippen LogP contribution in [0.15, 0.2) is 53.3 Å². The predicted molar refractivity (Wildman–Crippen MR) is 161 cm³/mol. The molecular weight excluding hydrogens is 536 g/mol. The van der Waals surface area contributed by atoms with Crippen LogP contribution < -0.4 is 20.3 Å². The van der Waals surface area contributed by atoms with Gasteiger partial charge in [0.25, 0.3) is 5.56 Å². The van der Waals surface area contributed by atoms with Gasteiger partial charge in [-0.15, -0.1) is 0 Å². The molecular formula is C32H40N4O6. The van der Waals surface area contributed by atoms with Gasteiger partial charge in [-0.2, -0.15) is 0 Å². The number of amides is 2. The van der Waals surface area contributed by atoms with Gasteiger partial charge in [0.15, 0.2) is 11.5 Å². The lowest BCUT2D eigenvalue weighted by Gasteiger charge is -2.48. The van der Waals surface area contributed by atoms with Gasteiger partial charge in [-0.1, -0.05) is 32.9 Å². The number of carboxylic acid groups (broad SMARTS) is 1. The number of rotatable bonds is 7. The summed E-state index contributed by atoms with van der Waals surface area (Å²) in [5.74, 6) is 1.17. The molecule has 42 heavy (non-hydrogen) atoms. The topological polar surface area (TPSA) is 113 Å². The summed E-state index contributed by atoms with van der Waals surface area (Å²) in [6, 6.07) is 14.5. The Morgan fingerprint density at radius 3 is 2.52 bits per heavy atom. The maximum absolute atomic E-state index is 13.0. The monoisotopic (exact) mass is 576 g/mol. The number of ether oxygens (including phenoxy) is 2.